The van der Waals surface area contributed by atoms with Gasteiger partial charge in [-0.25, -0.2) is 26.8 Å². The maximum atomic E-state index is 13.6. The van der Waals surface area contributed by atoms with Crippen molar-refractivity contribution in [2.45, 2.75) is 77.5 Å². The van der Waals surface area contributed by atoms with Gasteiger partial charge < -0.3 is 15.0 Å². The molecule has 2 fully saturated rings. The lowest BCUT2D eigenvalue weighted by atomic mass is 10.2. The fourth-order valence-electron chi connectivity index (χ4n) is 5.17. The summed E-state index contributed by atoms with van der Waals surface area (Å²) in [5.41, 5.74) is -6.65. The summed E-state index contributed by atoms with van der Waals surface area (Å²) in [4.78, 5) is 15.5. The standard InChI is InChI=1S/C27H35F3N4O6S3/c1-26(2,3)40-25(35)34-16-19-13-20(34)15-33(19)12-11-18(17-41-21-7-5-4-6-8-21)32-23-10-9-22(43(31,38)39)14-24(23)42(36,37)27(28,29)30/h4-10,14,18-20,32H,11-13,15-17H2,1-3H3,(H2,31,38,39)/t18-,19+,20+/m1/s1. The van der Waals surface area contributed by atoms with Crippen molar-refractivity contribution in [2.24, 2.45) is 5.14 Å². The van der Waals surface area contributed by atoms with Crippen LogP contribution < -0.4 is 10.5 Å². The number of nitrogens with zero attached hydrogens (tertiary/aromatic N) is 2. The molecule has 1 amide bonds. The van der Waals surface area contributed by atoms with Gasteiger partial charge in [-0.3, -0.25) is 4.90 Å². The van der Waals surface area contributed by atoms with E-state index in [0.29, 0.717) is 37.9 Å². The number of likely N-dealkylation sites (tertiary alicyclic amines) is 2. The fraction of sp³-hybridized carbons (Fsp3) is 0.519. The first-order valence-corrected chi connectivity index (χ1v) is 17.5. The van der Waals surface area contributed by atoms with Gasteiger partial charge in [0, 0.05) is 48.4 Å². The van der Waals surface area contributed by atoms with E-state index in [1.54, 1.807) is 25.7 Å². The lowest BCUT2D eigenvalue weighted by Crippen LogP contribution is -2.50. The average molecular weight is 665 g/mol. The summed E-state index contributed by atoms with van der Waals surface area (Å²) in [7, 11) is -10.4. The summed E-state index contributed by atoms with van der Waals surface area (Å²) < 4.78 is 95.0. The van der Waals surface area contributed by atoms with Gasteiger partial charge in [-0.2, -0.15) is 13.2 Å². The molecule has 2 aromatic rings. The predicted molar refractivity (Wildman–Crippen MR) is 157 cm³/mol. The molecule has 2 aliphatic rings. The van der Waals surface area contributed by atoms with Gasteiger partial charge in [0.1, 0.15) is 10.5 Å². The minimum absolute atomic E-state index is 0.0146. The molecule has 0 radical (unpaired) electrons. The van der Waals surface area contributed by atoms with Gasteiger partial charge in [0.25, 0.3) is 9.84 Å². The number of ether oxygens (including phenoxy) is 1. The number of anilines is 1. The number of sulfonamides is 1. The summed E-state index contributed by atoms with van der Waals surface area (Å²) in [6.45, 7) is 7.06. The Labute approximate surface area is 254 Å². The van der Waals surface area contributed by atoms with Crippen molar-refractivity contribution in [1.82, 2.24) is 9.80 Å². The normalized spacial score (nSPS) is 20.3. The van der Waals surface area contributed by atoms with Gasteiger partial charge in [0.15, 0.2) is 0 Å². The molecule has 2 heterocycles. The van der Waals surface area contributed by atoms with Crippen LogP contribution in [0.25, 0.3) is 0 Å². The molecule has 0 spiro atoms. The van der Waals surface area contributed by atoms with E-state index in [0.717, 1.165) is 23.4 Å². The smallest absolute Gasteiger partial charge is 0.444 e. The van der Waals surface area contributed by atoms with E-state index in [9.17, 15) is 34.8 Å². The Balaban J connectivity index is 1.54. The highest BCUT2D eigenvalue weighted by atomic mass is 32.2. The molecule has 2 bridgehead atoms. The highest BCUT2D eigenvalue weighted by Crippen LogP contribution is 2.37. The van der Waals surface area contributed by atoms with Gasteiger partial charge in [0.2, 0.25) is 10.0 Å². The maximum Gasteiger partial charge on any atom is 0.501 e. The zero-order chi connectivity index (χ0) is 31.8. The number of fused-ring (bicyclic) bond motifs is 2. The molecule has 0 aliphatic carbocycles. The number of nitrogens with two attached hydrogens (primary N) is 1. The highest BCUT2D eigenvalue weighted by molar-refractivity contribution is 7.99. The number of primary sulfonamides is 1. The number of benzene rings is 2. The Hall–Kier alpha value is -2.53. The molecule has 2 aliphatic heterocycles. The topological polar surface area (TPSA) is 139 Å². The van der Waals surface area contributed by atoms with Crippen molar-refractivity contribution >= 4 is 43.4 Å². The van der Waals surface area contributed by atoms with Crippen molar-refractivity contribution < 1.29 is 39.5 Å². The van der Waals surface area contributed by atoms with Crippen molar-refractivity contribution in [2.75, 3.05) is 30.7 Å². The van der Waals surface area contributed by atoms with Gasteiger partial charge in [0.05, 0.1) is 10.6 Å². The third-order valence-corrected chi connectivity index (χ3v) is 10.8. The molecule has 16 heteroatoms. The van der Waals surface area contributed by atoms with Gasteiger partial charge >= 0.3 is 11.6 Å². The quantitative estimate of drug-likeness (QED) is 0.356. The van der Waals surface area contributed by atoms with Crippen LogP contribution in [0.2, 0.25) is 0 Å². The Morgan fingerprint density at radius 3 is 2.30 bits per heavy atom. The Morgan fingerprint density at radius 1 is 1.07 bits per heavy atom. The lowest BCUT2D eigenvalue weighted by Gasteiger charge is -2.35. The van der Waals surface area contributed by atoms with E-state index < -0.39 is 46.8 Å². The number of carbonyl (C=O) groups excluding carboxylic acids is 1. The molecular formula is C27H35F3N4O6S3. The summed E-state index contributed by atoms with van der Waals surface area (Å²) in [5.74, 6) is 0.373. The number of halogens is 3. The van der Waals surface area contributed by atoms with Crippen LogP contribution in [0.3, 0.4) is 0 Å². The number of carbonyl (C=O) groups is 1. The molecule has 4 rings (SSSR count). The molecule has 2 aromatic carbocycles. The van der Waals surface area contributed by atoms with Crippen LogP contribution >= 0.6 is 11.8 Å². The van der Waals surface area contributed by atoms with Crippen LogP contribution in [-0.4, -0.2) is 87.4 Å². The summed E-state index contributed by atoms with van der Waals surface area (Å²) >= 11 is 1.44. The van der Waals surface area contributed by atoms with Crippen LogP contribution in [0.15, 0.2) is 63.2 Å². The maximum absolute atomic E-state index is 13.6. The zero-order valence-electron chi connectivity index (χ0n) is 23.9. The highest BCUT2D eigenvalue weighted by Gasteiger charge is 2.49. The number of thioether (sulfide) groups is 1. The van der Waals surface area contributed by atoms with E-state index in [4.69, 9.17) is 9.88 Å². The SMILES string of the molecule is CC(C)(C)OC(=O)N1C[C@@H]2C[C@H]1CN2CC[C@H](CSc1ccccc1)Nc1ccc(S(N)(=O)=O)cc1S(=O)(=O)C(F)(F)F. The molecule has 0 aromatic heterocycles. The summed E-state index contributed by atoms with van der Waals surface area (Å²) in [5, 5.41) is 8.03. The summed E-state index contributed by atoms with van der Waals surface area (Å²) in [6, 6.07) is 11.3. The third-order valence-electron chi connectivity index (χ3n) is 7.18. The first-order chi connectivity index (χ1) is 19.8. The van der Waals surface area contributed by atoms with E-state index in [2.05, 4.69) is 10.2 Å². The van der Waals surface area contributed by atoms with Gasteiger partial charge in [-0.15, -0.1) is 11.8 Å². The number of alkyl halides is 3. The lowest BCUT2D eigenvalue weighted by molar-refractivity contribution is -0.0436. The second-order valence-electron chi connectivity index (χ2n) is 11.6. The van der Waals surface area contributed by atoms with E-state index in [1.807, 2.05) is 30.3 Å². The number of amides is 1. The monoisotopic (exact) mass is 664 g/mol. The molecule has 0 saturated carbocycles. The minimum atomic E-state index is -5.92. The van der Waals surface area contributed by atoms with E-state index >= 15 is 0 Å². The first kappa shape index (κ1) is 33.4. The largest absolute Gasteiger partial charge is 0.501 e. The minimum Gasteiger partial charge on any atom is -0.444 e. The summed E-state index contributed by atoms with van der Waals surface area (Å²) in [6.07, 6.45) is 0.844. The number of sulfone groups is 1. The Bertz CT molecular complexity index is 1530. The van der Waals surface area contributed by atoms with E-state index in [-0.39, 0.29) is 23.9 Å². The second-order valence-corrected chi connectivity index (χ2v) is 16.1. The van der Waals surface area contributed by atoms with Crippen molar-refractivity contribution in [3.63, 3.8) is 0 Å². The molecule has 2 saturated heterocycles. The molecule has 43 heavy (non-hydrogen) atoms. The van der Waals surface area contributed by atoms with Crippen molar-refractivity contribution in [3.05, 3.63) is 48.5 Å². The number of piperazine rings is 1. The van der Waals surface area contributed by atoms with Crippen LogP contribution in [-0.2, 0) is 24.6 Å². The molecule has 3 atom stereocenters. The van der Waals surface area contributed by atoms with Crippen LogP contribution in [0.4, 0.5) is 23.7 Å². The fourth-order valence-corrected chi connectivity index (χ4v) is 7.72. The molecule has 10 nitrogen and oxygen atoms in total. The first-order valence-electron chi connectivity index (χ1n) is 13.5. The average Bonchev–Trinajstić information content (AvgIpc) is 3.50. The predicted octanol–water partition coefficient (Wildman–Crippen LogP) is 4.28. The number of hydrogen-bond acceptors (Lipinski definition) is 9. The number of rotatable bonds is 10. The van der Waals surface area contributed by atoms with Crippen molar-refractivity contribution in [3.8, 4) is 0 Å². The van der Waals surface area contributed by atoms with Crippen LogP contribution in [0, 0.1) is 0 Å². The van der Waals surface area contributed by atoms with E-state index in [1.165, 1.54) is 11.8 Å². The third kappa shape index (κ3) is 8.15. The Kier molecular flexibility index (Phi) is 9.67. The van der Waals surface area contributed by atoms with Gasteiger partial charge in [-0.1, -0.05) is 18.2 Å². The zero-order valence-corrected chi connectivity index (χ0v) is 26.3. The van der Waals surface area contributed by atoms with Crippen LogP contribution in [0.1, 0.15) is 33.6 Å². The number of nitrogens with one attached hydrogen (secondary N) is 1. The second kappa shape index (κ2) is 12.5. The number of hydrogen-bond donors (Lipinski definition) is 2. The molecule has 0 unspecified atom stereocenters. The van der Waals surface area contributed by atoms with Gasteiger partial charge in [-0.05, 0) is 63.9 Å². The van der Waals surface area contributed by atoms with Crippen molar-refractivity contribution in [1.29, 1.82) is 0 Å². The Morgan fingerprint density at radius 2 is 1.74 bits per heavy atom. The molecule has 238 valence electrons. The van der Waals surface area contributed by atoms with Crippen LogP contribution in [0.5, 0.6) is 0 Å². The molecular weight excluding hydrogens is 630 g/mol. The molecule has 3 N–H and O–H groups in total.